The first-order valence-electron chi connectivity index (χ1n) is 6.83. The summed E-state index contributed by atoms with van der Waals surface area (Å²) in [5, 5.41) is 15.6. The molecule has 0 spiro atoms. The predicted octanol–water partition coefficient (Wildman–Crippen LogP) is 3.59. The van der Waals surface area contributed by atoms with E-state index in [2.05, 4.69) is 52.6 Å². The van der Waals surface area contributed by atoms with Crippen molar-refractivity contribution in [1.82, 2.24) is 29.9 Å². The van der Waals surface area contributed by atoms with E-state index in [1.54, 1.807) is 28.9 Å². The third-order valence-corrected chi connectivity index (χ3v) is 5.51. The van der Waals surface area contributed by atoms with Crippen LogP contribution in [0.4, 0.5) is 0 Å². The van der Waals surface area contributed by atoms with E-state index >= 15 is 0 Å². The lowest BCUT2D eigenvalue weighted by atomic mass is 10.3. The minimum atomic E-state index is 0.647. The van der Waals surface area contributed by atoms with Crippen LogP contribution >= 0.6 is 38.6 Å². The summed E-state index contributed by atoms with van der Waals surface area (Å²) >= 11 is 6.69. The number of thiophene rings is 1. The molecule has 0 radical (unpaired) electrons. The molecule has 0 saturated carbocycles. The molecule has 0 fully saturated rings. The summed E-state index contributed by atoms with van der Waals surface area (Å²) in [6.07, 6.45) is 2.35. The zero-order valence-electron chi connectivity index (χ0n) is 11.8. The molecule has 0 aliphatic rings. The van der Waals surface area contributed by atoms with Gasteiger partial charge in [0.15, 0.2) is 9.74 Å². The molecule has 0 aliphatic heterocycles. The summed E-state index contributed by atoms with van der Waals surface area (Å²) in [6.45, 7) is 0.708. The highest BCUT2D eigenvalue weighted by atomic mass is 79.9. The number of rotatable bonds is 5. The van der Waals surface area contributed by atoms with Crippen molar-refractivity contribution in [3.8, 4) is 11.5 Å². The normalized spacial score (nSPS) is 11.2. The van der Waals surface area contributed by atoms with Gasteiger partial charge in [-0.2, -0.15) is 5.10 Å². The minimum absolute atomic E-state index is 0.647. The van der Waals surface area contributed by atoms with Crippen LogP contribution in [0, 0.1) is 0 Å². The SMILES string of the molecule is Brc1nc(Cc2nc(-c3ccn[nH]3)nn2Cc2cccs2)cs1. The summed E-state index contributed by atoms with van der Waals surface area (Å²) < 4.78 is 2.82. The van der Waals surface area contributed by atoms with Gasteiger partial charge in [-0.15, -0.1) is 27.8 Å². The molecule has 0 atom stereocenters. The smallest absolute Gasteiger partial charge is 0.199 e. The first-order chi connectivity index (χ1) is 11.3. The van der Waals surface area contributed by atoms with Crippen LogP contribution in [0.3, 0.4) is 0 Å². The van der Waals surface area contributed by atoms with Crippen LogP contribution in [0.15, 0.2) is 39.1 Å². The Morgan fingerprint density at radius 2 is 2.17 bits per heavy atom. The molecule has 0 bridgehead atoms. The third-order valence-electron chi connectivity index (χ3n) is 3.24. The Balaban J connectivity index is 1.69. The number of thiazole rings is 1. The van der Waals surface area contributed by atoms with Gasteiger partial charge < -0.3 is 0 Å². The molecule has 4 rings (SSSR count). The first-order valence-corrected chi connectivity index (χ1v) is 9.39. The Hall–Kier alpha value is -1.84. The summed E-state index contributed by atoms with van der Waals surface area (Å²) in [4.78, 5) is 10.4. The second-order valence-electron chi connectivity index (χ2n) is 4.83. The Morgan fingerprint density at radius 1 is 1.22 bits per heavy atom. The van der Waals surface area contributed by atoms with Crippen molar-refractivity contribution in [3.05, 3.63) is 55.5 Å². The fourth-order valence-electron chi connectivity index (χ4n) is 2.20. The van der Waals surface area contributed by atoms with Crippen LogP contribution in [0.5, 0.6) is 0 Å². The lowest BCUT2D eigenvalue weighted by Crippen LogP contribution is -2.07. The van der Waals surface area contributed by atoms with E-state index in [4.69, 9.17) is 0 Å². The van der Waals surface area contributed by atoms with Crippen LogP contribution in [-0.2, 0) is 13.0 Å². The Labute approximate surface area is 148 Å². The second-order valence-corrected chi connectivity index (χ2v) is 7.99. The van der Waals surface area contributed by atoms with Crippen molar-refractivity contribution in [2.24, 2.45) is 0 Å². The molecule has 0 aliphatic carbocycles. The highest BCUT2D eigenvalue weighted by Gasteiger charge is 2.15. The Kier molecular flexibility index (Phi) is 4.06. The molecular weight excluding hydrogens is 396 g/mol. The van der Waals surface area contributed by atoms with Gasteiger partial charge in [0, 0.05) is 16.5 Å². The van der Waals surface area contributed by atoms with Gasteiger partial charge in [0.05, 0.1) is 18.7 Å². The molecule has 116 valence electrons. The number of nitrogens with zero attached hydrogens (tertiary/aromatic N) is 5. The average molecular weight is 407 g/mol. The molecule has 4 heterocycles. The molecule has 6 nitrogen and oxygen atoms in total. The van der Waals surface area contributed by atoms with Crippen molar-refractivity contribution in [3.63, 3.8) is 0 Å². The lowest BCUT2D eigenvalue weighted by Gasteiger charge is -2.02. The Morgan fingerprint density at radius 3 is 2.87 bits per heavy atom. The van der Waals surface area contributed by atoms with Gasteiger partial charge >= 0.3 is 0 Å². The largest absolute Gasteiger partial charge is 0.275 e. The fraction of sp³-hybridized carbons (Fsp3) is 0.143. The number of aromatic nitrogens is 6. The van der Waals surface area contributed by atoms with Gasteiger partial charge in [-0.3, -0.25) is 5.10 Å². The van der Waals surface area contributed by atoms with Gasteiger partial charge in [-0.05, 0) is 33.4 Å². The molecule has 4 aromatic rings. The van der Waals surface area contributed by atoms with Gasteiger partial charge in [-0.1, -0.05) is 6.07 Å². The molecule has 9 heteroatoms. The molecule has 23 heavy (non-hydrogen) atoms. The van der Waals surface area contributed by atoms with Crippen LogP contribution < -0.4 is 0 Å². The zero-order chi connectivity index (χ0) is 15.6. The predicted molar refractivity (Wildman–Crippen MR) is 93.6 cm³/mol. The quantitative estimate of drug-likeness (QED) is 0.549. The highest BCUT2D eigenvalue weighted by molar-refractivity contribution is 9.11. The van der Waals surface area contributed by atoms with Crippen LogP contribution in [0.25, 0.3) is 11.5 Å². The monoisotopic (exact) mass is 406 g/mol. The molecule has 0 amide bonds. The van der Waals surface area contributed by atoms with E-state index in [1.165, 1.54) is 4.88 Å². The van der Waals surface area contributed by atoms with Crippen molar-refractivity contribution in [2.75, 3.05) is 0 Å². The van der Waals surface area contributed by atoms with Crippen LogP contribution in [-0.4, -0.2) is 29.9 Å². The van der Waals surface area contributed by atoms with E-state index < -0.39 is 0 Å². The van der Waals surface area contributed by atoms with Gasteiger partial charge in [0.1, 0.15) is 11.5 Å². The van der Waals surface area contributed by atoms with Crippen molar-refractivity contribution >= 4 is 38.6 Å². The Bertz CT molecular complexity index is 894. The van der Waals surface area contributed by atoms with E-state index in [1.807, 2.05) is 22.2 Å². The second kappa shape index (κ2) is 6.34. The standard InChI is InChI=1S/C14H11BrN6S2/c15-14-17-9(8-23-14)6-12-18-13(11-3-4-16-19-11)20-21(12)7-10-2-1-5-22-10/h1-5,8H,6-7H2,(H,16,19). The average Bonchev–Trinajstić information content (AvgIpc) is 3.30. The third kappa shape index (κ3) is 3.26. The summed E-state index contributed by atoms with van der Waals surface area (Å²) in [6, 6.07) is 6.02. The van der Waals surface area contributed by atoms with Gasteiger partial charge in [-0.25, -0.2) is 14.6 Å². The number of H-pyrrole nitrogens is 1. The van der Waals surface area contributed by atoms with Gasteiger partial charge in [0.25, 0.3) is 0 Å². The van der Waals surface area contributed by atoms with E-state index in [-0.39, 0.29) is 0 Å². The summed E-state index contributed by atoms with van der Waals surface area (Å²) in [5.41, 5.74) is 1.80. The van der Waals surface area contributed by atoms with Crippen molar-refractivity contribution < 1.29 is 0 Å². The van der Waals surface area contributed by atoms with E-state index in [0.29, 0.717) is 18.8 Å². The molecule has 0 saturated heterocycles. The van der Waals surface area contributed by atoms with E-state index in [9.17, 15) is 0 Å². The topological polar surface area (TPSA) is 72.3 Å². The molecule has 1 N–H and O–H groups in total. The summed E-state index contributed by atoms with van der Waals surface area (Å²) in [7, 11) is 0. The first kappa shape index (κ1) is 14.7. The van der Waals surface area contributed by atoms with Crippen molar-refractivity contribution in [2.45, 2.75) is 13.0 Å². The number of halogens is 1. The maximum Gasteiger partial charge on any atom is 0.199 e. The van der Waals surface area contributed by atoms with E-state index in [0.717, 1.165) is 21.1 Å². The maximum absolute atomic E-state index is 4.67. The fourth-order valence-corrected chi connectivity index (χ4v) is 3.94. The van der Waals surface area contributed by atoms with Crippen LogP contribution in [0.1, 0.15) is 16.4 Å². The summed E-state index contributed by atoms with van der Waals surface area (Å²) in [5.74, 6) is 1.55. The molecule has 4 aromatic heterocycles. The number of hydrogen-bond acceptors (Lipinski definition) is 6. The van der Waals surface area contributed by atoms with Gasteiger partial charge in [0.2, 0.25) is 0 Å². The number of hydrogen-bond donors (Lipinski definition) is 1. The lowest BCUT2D eigenvalue weighted by molar-refractivity contribution is 0.653. The molecule has 0 aromatic carbocycles. The molecular formula is C14H11BrN6S2. The minimum Gasteiger partial charge on any atom is -0.275 e. The number of nitrogens with one attached hydrogen (secondary N) is 1. The highest BCUT2D eigenvalue weighted by Crippen LogP contribution is 2.20. The zero-order valence-corrected chi connectivity index (χ0v) is 15.0. The molecule has 0 unspecified atom stereocenters. The van der Waals surface area contributed by atoms with Crippen molar-refractivity contribution in [1.29, 1.82) is 0 Å². The number of aromatic amines is 1. The van der Waals surface area contributed by atoms with Crippen LogP contribution in [0.2, 0.25) is 0 Å². The maximum atomic E-state index is 4.67.